The Morgan fingerprint density at radius 1 is 1.17 bits per heavy atom. The second kappa shape index (κ2) is 11.7. The van der Waals surface area contributed by atoms with E-state index in [-0.39, 0.29) is 30.1 Å². The number of hydrogen-bond donors (Lipinski definition) is 1. The van der Waals surface area contributed by atoms with E-state index in [4.69, 9.17) is 44.3 Å². The number of halogens is 5. The second-order valence-electron chi connectivity index (χ2n) is 6.70. The van der Waals surface area contributed by atoms with Crippen molar-refractivity contribution in [1.29, 1.82) is 0 Å². The minimum absolute atomic E-state index is 0. The molecule has 0 radical (unpaired) electrons. The largest absolute Gasteiger partial charge is 0.389 e. The third-order valence-electron chi connectivity index (χ3n) is 4.50. The average Bonchev–Trinajstić information content (AvgIpc) is 2.66. The predicted octanol–water partition coefficient (Wildman–Crippen LogP) is 5.16. The summed E-state index contributed by atoms with van der Waals surface area (Å²) in [7, 11) is 0. The Morgan fingerprint density at radius 3 is 2.62 bits per heavy atom. The van der Waals surface area contributed by atoms with Crippen LogP contribution in [-0.2, 0) is 16.1 Å². The third-order valence-corrected chi connectivity index (χ3v) is 5.37. The number of ether oxygens (including phenoxy) is 2. The SMILES string of the molecule is Cl.OC(COCc1ccc(Cl)cc1)CN1CCOC(c2cc(F)c(Cl)cc2Cl)C1. The van der Waals surface area contributed by atoms with Gasteiger partial charge in [-0.05, 0) is 29.8 Å². The summed E-state index contributed by atoms with van der Waals surface area (Å²) in [5, 5.41) is 11.3. The molecule has 0 amide bonds. The monoisotopic (exact) mass is 483 g/mol. The van der Waals surface area contributed by atoms with Gasteiger partial charge in [0.25, 0.3) is 0 Å². The highest BCUT2D eigenvalue weighted by Gasteiger charge is 2.26. The molecule has 9 heteroatoms. The van der Waals surface area contributed by atoms with E-state index in [9.17, 15) is 9.50 Å². The molecule has 2 aromatic carbocycles. The number of aliphatic hydroxyl groups is 1. The van der Waals surface area contributed by atoms with Crippen LogP contribution in [0.1, 0.15) is 17.2 Å². The third kappa shape index (κ3) is 7.23. The molecule has 0 saturated carbocycles. The van der Waals surface area contributed by atoms with Crippen molar-refractivity contribution < 1.29 is 19.0 Å². The van der Waals surface area contributed by atoms with Crippen LogP contribution in [0, 0.1) is 5.82 Å². The summed E-state index contributed by atoms with van der Waals surface area (Å²) < 4.78 is 25.1. The molecule has 0 aliphatic carbocycles. The number of benzene rings is 2. The molecule has 2 unspecified atom stereocenters. The van der Waals surface area contributed by atoms with Gasteiger partial charge in [-0.3, -0.25) is 4.90 Å². The Morgan fingerprint density at radius 2 is 1.90 bits per heavy atom. The fourth-order valence-electron chi connectivity index (χ4n) is 3.09. The molecule has 1 N–H and O–H groups in total. The van der Waals surface area contributed by atoms with Gasteiger partial charge in [0.2, 0.25) is 0 Å². The molecule has 0 spiro atoms. The summed E-state index contributed by atoms with van der Waals surface area (Å²) in [6.45, 7) is 2.66. The summed E-state index contributed by atoms with van der Waals surface area (Å²) in [6, 6.07) is 10.1. The van der Waals surface area contributed by atoms with Crippen LogP contribution in [0.4, 0.5) is 4.39 Å². The Bertz CT molecular complexity index is 794. The highest BCUT2D eigenvalue weighted by molar-refractivity contribution is 6.35. The summed E-state index contributed by atoms with van der Waals surface area (Å²) in [6.07, 6.45) is -1.03. The lowest BCUT2D eigenvalue weighted by atomic mass is 10.1. The maximum atomic E-state index is 13.8. The van der Waals surface area contributed by atoms with Crippen molar-refractivity contribution in [2.24, 2.45) is 0 Å². The molecule has 4 nitrogen and oxygen atoms in total. The van der Waals surface area contributed by atoms with Gasteiger partial charge >= 0.3 is 0 Å². The van der Waals surface area contributed by atoms with Crippen LogP contribution >= 0.6 is 47.2 Å². The Kier molecular flexibility index (Phi) is 9.92. The van der Waals surface area contributed by atoms with Crippen molar-refractivity contribution in [3.05, 3.63) is 68.4 Å². The van der Waals surface area contributed by atoms with Gasteiger partial charge in [0.05, 0.1) is 37.1 Å². The maximum Gasteiger partial charge on any atom is 0.142 e. The number of rotatable bonds is 7. The molecule has 0 aromatic heterocycles. The Hall–Kier alpha value is -0.630. The Balaban J connectivity index is 0.00000300. The van der Waals surface area contributed by atoms with Crippen molar-refractivity contribution in [2.75, 3.05) is 32.8 Å². The zero-order valence-corrected chi connectivity index (χ0v) is 18.6. The molecule has 1 fully saturated rings. The first kappa shape index (κ1) is 24.6. The summed E-state index contributed by atoms with van der Waals surface area (Å²) >= 11 is 17.8. The standard InChI is InChI=1S/C20H21Cl3FNO3.ClH/c21-14-3-1-13(2-4-14)11-27-12-15(26)9-25-5-6-28-20(10-25)16-7-19(24)18(23)8-17(16)22;/h1-4,7-8,15,20,26H,5-6,9-12H2;1H. The summed E-state index contributed by atoms with van der Waals surface area (Å²) in [5.74, 6) is -0.530. The van der Waals surface area contributed by atoms with Gasteiger partial charge in [0.1, 0.15) is 5.82 Å². The van der Waals surface area contributed by atoms with Gasteiger partial charge in [-0.2, -0.15) is 0 Å². The lowest BCUT2D eigenvalue weighted by molar-refractivity contribution is -0.0537. The van der Waals surface area contributed by atoms with Crippen LogP contribution in [-0.4, -0.2) is 49.0 Å². The molecule has 2 aromatic rings. The molecule has 1 saturated heterocycles. The minimum atomic E-state index is -0.650. The average molecular weight is 485 g/mol. The van der Waals surface area contributed by atoms with Crippen molar-refractivity contribution in [1.82, 2.24) is 4.90 Å². The first-order valence-electron chi connectivity index (χ1n) is 8.91. The topological polar surface area (TPSA) is 41.9 Å². The second-order valence-corrected chi connectivity index (χ2v) is 7.95. The van der Waals surface area contributed by atoms with Gasteiger partial charge in [-0.25, -0.2) is 4.39 Å². The van der Waals surface area contributed by atoms with E-state index in [1.807, 2.05) is 17.0 Å². The molecule has 1 aliphatic heterocycles. The highest BCUT2D eigenvalue weighted by Crippen LogP contribution is 2.32. The van der Waals surface area contributed by atoms with Crippen LogP contribution in [0.3, 0.4) is 0 Å². The molecule has 29 heavy (non-hydrogen) atoms. The molecule has 1 aliphatic rings. The van der Waals surface area contributed by atoms with Crippen LogP contribution in [0.2, 0.25) is 15.1 Å². The van der Waals surface area contributed by atoms with Crippen LogP contribution in [0.15, 0.2) is 36.4 Å². The maximum absolute atomic E-state index is 13.8. The van der Waals surface area contributed by atoms with Gasteiger partial charge in [0.15, 0.2) is 0 Å². The van der Waals surface area contributed by atoms with E-state index in [1.54, 1.807) is 12.1 Å². The number of morpholine rings is 1. The van der Waals surface area contributed by atoms with Crippen molar-refractivity contribution >= 4 is 47.2 Å². The molecular formula is C20H22Cl4FNO3. The van der Waals surface area contributed by atoms with Crippen LogP contribution < -0.4 is 0 Å². The first-order chi connectivity index (χ1) is 13.4. The molecule has 0 bridgehead atoms. The summed E-state index contributed by atoms with van der Waals surface area (Å²) in [4.78, 5) is 2.05. The first-order valence-corrected chi connectivity index (χ1v) is 10.0. The number of β-amino-alcohol motifs (C(OH)–C–C–N with tert-alkyl or cyclic N) is 1. The van der Waals surface area contributed by atoms with E-state index in [0.717, 1.165) is 5.56 Å². The normalized spacial score (nSPS) is 18.3. The van der Waals surface area contributed by atoms with Crippen molar-refractivity contribution in [3.63, 3.8) is 0 Å². The fourth-order valence-corrected chi connectivity index (χ4v) is 3.72. The zero-order valence-electron chi connectivity index (χ0n) is 15.5. The van der Waals surface area contributed by atoms with Crippen LogP contribution in [0.25, 0.3) is 0 Å². The Labute approximate surface area is 190 Å². The molecule has 2 atom stereocenters. The molecule has 1 heterocycles. The number of aliphatic hydroxyl groups excluding tert-OH is 1. The van der Waals surface area contributed by atoms with E-state index in [1.165, 1.54) is 12.1 Å². The predicted molar refractivity (Wildman–Crippen MR) is 116 cm³/mol. The minimum Gasteiger partial charge on any atom is -0.389 e. The zero-order chi connectivity index (χ0) is 20.1. The van der Waals surface area contributed by atoms with E-state index < -0.39 is 11.9 Å². The lowest BCUT2D eigenvalue weighted by Crippen LogP contribution is -2.43. The molecule has 3 rings (SSSR count). The van der Waals surface area contributed by atoms with Crippen molar-refractivity contribution in [2.45, 2.75) is 18.8 Å². The fraction of sp³-hybridized carbons (Fsp3) is 0.400. The quantitative estimate of drug-likeness (QED) is 0.551. The van der Waals surface area contributed by atoms with Crippen molar-refractivity contribution in [3.8, 4) is 0 Å². The number of hydrogen-bond acceptors (Lipinski definition) is 4. The van der Waals surface area contributed by atoms with E-state index in [0.29, 0.717) is 48.5 Å². The molecular weight excluding hydrogens is 463 g/mol. The van der Waals surface area contributed by atoms with Gasteiger partial charge < -0.3 is 14.6 Å². The lowest BCUT2D eigenvalue weighted by Gasteiger charge is -2.34. The van der Waals surface area contributed by atoms with Gasteiger partial charge in [0, 0.05) is 35.2 Å². The van der Waals surface area contributed by atoms with E-state index in [2.05, 4.69) is 0 Å². The highest BCUT2D eigenvalue weighted by atomic mass is 35.5. The van der Waals surface area contributed by atoms with Gasteiger partial charge in [-0.15, -0.1) is 12.4 Å². The summed E-state index contributed by atoms with van der Waals surface area (Å²) in [5.41, 5.74) is 1.55. The van der Waals surface area contributed by atoms with Gasteiger partial charge in [-0.1, -0.05) is 46.9 Å². The molecule has 160 valence electrons. The smallest absolute Gasteiger partial charge is 0.142 e. The number of nitrogens with zero attached hydrogens (tertiary/aromatic N) is 1. The van der Waals surface area contributed by atoms with E-state index >= 15 is 0 Å². The van der Waals surface area contributed by atoms with Crippen LogP contribution in [0.5, 0.6) is 0 Å².